The fourth-order valence-corrected chi connectivity index (χ4v) is 2.25. The lowest BCUT2D eigenvalue weighted by molar-refractivity contribution is 0.292. The Balaban J connectivity index is 1.95. The minimum Gasteiger partial charge on any atom is -0.396 e. The third-order valence-electron chi connectivity index (χ3n) is 3.49. The molecule has 0 bridgehead atoms. The number of anilines is 3. The predicted octanol–water partition coefficient (Wildman–Crippen LogP) is 3.35. The number of aliphatic hydroxyl groups is 1. The van der Waals surface area contributed by atoms with Crippen molar-refractivity contribution in [2.45, 2.75) is 6.42 Å². The Morgan fingerprint density at radius 3 is 2.65 bits per heavy atom. The molecule has 8 heteroatoms. The molecular formula is C18H17F2N5O. The first-order chi connectivity index (χ1) is 12.7. The fraction of sp³-hybridized carbons (Fsp3) is 0.167. The third kappa shape index (κ3) is 4.28. The molecule has 0 spiro atoms. The van der Waals surface area contributed by atoms with Gasteiger partial charge < -0.3 is 15.7 Å². The van der Waals surface area contributed by atoms with Gasteiger partial charge in [-0.1, -0.05) is 12.1 Å². The van der Waals surface area contributed by atoms with Crippen molar-refractivity contribution in [3.63, 3.8) is 0 Å². The van der Waals surface area contributed by atoms with Gasteiger partial charge in [0.1, 0.15) is 5.82 Å². The molecule has 0 unspecified atom stereocenters. The normalized spacial score (nSPS) is 10.6. The lowest BCUT2D eigenvalue weighted by Gasteiger charge is -2.11. The van der Waals surface area contributed by atoms with E-state index in [4.69, 9.17) is 5.11 Å². The molecule has 2 aromatic heterocycles. The van der Waals surface area contributed by atoms with Crippen molar-refractivity contribution in [1.29, 1.82) is 0 Å². The van der Waals surface area contributed by atoms with E-state index in [1.165, 1.54) is 12.1 Å². The minimum atomic E-state index is -0.986. The number of aromatic nitrogens is 3. The zero-order chi connectivity index (χ0) is 18.4. The molecule has 3 N–H and O–H groups in total. The number of pyridine rings is 1. The molecule has 2 heterocycles. The van der Waals surface area contributed by atoms with E-state index in [2.05, 4.69) is 25.6 Å². The highest BCUT2D eigenvalue weighted by atomic mass is 19.2. The standard InChI is InChI=1S/C18H17F2N5O/c19-12-5-3-7-14(17(12)20)23-16-11-15(13-6-1-2-8-21-13)24-18(25-16)22-9-4-10-26/h1-3,5-8,11,26H,4,9-10H2,(H2,22,23,24,25). The maximum absolute atomic E-state index is 13.9. The number of benzene rings is 1. The largest absolute Gasteiger partial charge is 0.396 e. The van der Waals surface area contributed by atoms with Crippen LogP contribution in [-0.2, 0) is 0 Å². The van der Waals surface area contributed by atoms with Gasteiger partial charge in [0, 0.05) is 25.4 Å². The second-order valence-electron chi connectivity index (χ2n) is 5.41. The van der Waals surface area contributed by atoms with E-state index in [0.717, 1.165) is 6.07 Å². The van der Waals surface area contributed by atoms with E-state index in [1.54, 1.807) is 24.4 Å². The number of rotatable bonds is 7. The smallest absolute Gasteiger partial charge is 0.225 e. The molecule has 134 valence electrons. The van der Waals surface area contributed by atoms with Gasteiger partial charge >= 0.3 is 0 Å². The molecule has 0 radical (unpaired) electrons. The Kier molecular flexibility index (Phi) is 5.65. The van der Waals surface area contributed by atoms with Crippen molar-refractivity contribution >= 4 is 17.5 Å². The van der Waals surface area contributed by atoms with Gasteiger partial charge in [0.2, 0.25) is 5.95 Å². The maximum atomic E-state index is 13.9. The number of halogens is 2. The summed E-state index contributed by atoms with van der Waals surface area (Å²) in [6, 6.07) is 10.9. The van der Waals surface area contributed by atoms with Crippen molar-refractivity contribution < 1.29 is 13.9 Å². The number of hydrogen-bond donors (Lipinski definition) is 3. The van der Waals surface area contributed by atoms with E-state index in [1.807, 2.05) is 6.07 Å². The zero-order valence-electron chi connectivity index (χ0n) is 13.8. The average Bonchev–Trinajstić information content (AvgIpc) is 2.66. The first-order valence-electron chi connectivity index (χ1n) is 8.03. The molecule has 26 heavy (non-hydrogen) atoms. The summed E-state index contributed by atoms with van der Waals surface area (Å²) >= 11 is 0. The molecule has 6 nitrogen and oxygen atoms in total. The quantitative estimate of drug-likeness (QED) is 0.563. The Morgan fingerprint density at radius 2 is 1.88 bits per heavy atom. The van der Waals surface area contributed by atoms with Crippen molar-refractivity contribution in [2.24, 2.45) is 0 Å². The third-order valence-corrected chi connectivity index (χ3v) is 3.49. The molecular weight excluding hydrogens is 340 g/mol. The number of nitrogens with one attached hydrogen (secondary N) is 2. The summed E-state index contributed by atoms with van der Waals surface area (Å²) in [6.07, 6.45) is 2.16. The summed E-state index contributed by atoms with van der Waals surface area (Å²) in [5.74, 6) is -1.35. The van der Waals surface area contributed by atoms with Crippen LogP contribution in [-0.4, -0.2) is 33.2 Å². The summed E-state index contributed by atoms with van der Waals surface area (Å²) in [6.45, 7) is 0.502. The maximum Gasteiger partial charge on any atom is 0.225 e. The summed E-state index contributed by atoms with van der Waals surface area (Å²) in [4.78, 5) is 12.9. The molecule has 0 fully saturated rings. The molecule has 0 amide bonds. The van der Waals surface area contributed by atoms with E-state index in [9.17, 15) is 8.78 Å². The highest BCUT2D eigenvalue weighted by molar-refractivity contribution is 5.65. The van der Waals surface area contributed by atoms with Crippen LogP contribution in [0, 0.1) is 11.6 Å². The van der Waals surface area contributed by atoms with Crippen molar-refractivity contribution in [3.05, 3.63) is 60.3 Å². The lowest BCUT2D eigenvalue weighted by Crippen LogP contribution is -2.09. The van der Waals surface area contributed by atoms with Crippen LogP contribution >= 0.6 is 0 Å². The van der Waals surface area contributed by atoms with Crippen molar-refractivity contribution in [2.75, 3.05) is 23.8 Å². The summed E-state index contributed by atoms with van der Waals surface area (Å²) in [5, 5.41) is 14.7. The first-order valence-corrected chi connectivity index (χ1v) is 8.03. The number of nitrogens with zero attached hydrogens (tertiary/aromatic N) is 3. The molecule has 0 saturated carbocycles. The SMILES string of the molecule is OCCCNc1nc(Nc2cccc(F)c2F)cc(-c2ccccn2)n1. The lowest BCUT2D eigenvalue weighted by atomic mass is 10.2. The Hall–Kier alpha value is -3.13. The Labute approximate surface area is 149 Å². The van der Waals surface area contributed by atoms with E-state index >= 15 is 0 Å². The summed E-state index contributed by atoms with van der Waals surface area (Å²) in [7, 11) is 0. The highest BCUT2D eigenvalue weighted by Crippen LogP contribution is 2.24. The van der Waals surface area contributed by atoms with Crippen LogP contribution in [0.1, 0.15) is 6.42 Å². The molecule has 0 atom stereocenters. The van der Waals surface area contributed by atoms with Crippen LogP contribution in [0.4, 0.5) is 26.2 Å². The van der Waals surface area contributed by atoms with Crippen LogP contribution in [0.25, 0.3) is 11.4 Å². The van der Waals surface area contributed by atoms with Crippen LogP contribution < -0.4 is 10.6 Å². The number of aliphatic hydroxyl groups excluding tert-OH is 1. The summed E-state index contributed by atoms with van der Waals surface area (Å²) in [5.41, 5.74) is 1.10. The number of hydrogen-bond acceptors (Lipinski definition) is 6. The molecule has 0 aliphatic rings. The molecule has 1 aromatic carbocycles. The highest BCUT2D eigenvalue weighted by Gasteiger charge is 2.11. The monoisotopic (exact) mass is 357 g/mol. The summed E-state index contributed by atoms with van der Waals surface area (Å²) < 4.78 is 27.3. The van der Waals surface area contributed by atoms with E-state index in [-0.39, 0.29) is 18.1 Å². The van der Waals surface area contributed by atoms with Gasteiger partial charge in [-0.3, -0.25) is 4.98 Å². The van der Waals surface area contributed by atoms with Gasteiger partial charge in [-0.2, -0.15) is 4.98 Å². The van der Waals surface area contributed by atoms with Gasteiger partial charge in [-0.25, -0.2) is 13.8 Å². The second-order valence-corrected chi connectivity index (χ2v) is 5.41. The van der Waals surface area contributed by atoms with Gasteiger partial charge in [0.25, 0.3) is 0 Å². The molecule has 0 aliphatic carbocycles. The van der Waals surface area contributed by atoms with Crippen LogP contribution in [0.2, 0.25) is 0 Å². The topological polar surface area (TPSA) is 83.0 Å². The van der Waals surface area contributed by atoms with E-state index < -0.39 is 11.6 Å². The minimum absolute atomic E-state index is 0.0306. The van der Waals surface area contributed by atoms with Crippen molar-refractivity contribution in [3.8, 4) is 11.4 Å². The van der Waals surface area contributed by atoms with Crippen molar-refractivity contribution in [1.82, 2.24) is 15.0 Å². The van der Waals surface area contributed by atoms with E-state index in [0.29, 0.717) is 30.3 Å². The average molecular weight is 357 g/mol. The molecule has 0 aliphatic heterocycles. The van der Waals surface area contributed by atoms with Crippen LogP contribution in [0.3, 0.4) is 0 Å². The Morgan fingerprint density at radius 1 is 1.00 bits per heavy atom. The zero-order valence-corrected chi connectivity index (χ0v) is 13.8. The van der Waals surface area contributed by atoms with Gasteiger partial charge in [0.05, 0.1) is 17.1 Å². The van der Waals surface area contributed by atoms with Crippen LogP contribution in [0.5, 0.6) is 0 Å². The Bertz CT molecular complexity index is 877. The van der Waals surface area contributed by atoms with Crippen LogP contribution in [0.15, 0.2) is 48.7 Å². The van der Waals surface area contributed by atoms with Gasteiger partial charge in [-0.15, -0.1) is 0 Å². The fourth-order valence-electron chi connectivity index (χ4n) is 2.25. The first kappa shape index (κ1) is 17.7. The second kappa shape index (κ2) is 8.30. The molecule has 0 saturated heterocycles. The molecule has 3 aromatic rings. The predicted molar refractivity (Wildman–Crippen MR) is 95.1 cm³/mol. The van der Waals surface area contributed by atoms with Gasteiger partial charge in [-0.05, 0) is 30.7 Å². The molecule has 3 rings (SSSR count). The van der Waals surface area contributed by atoms with Gasteiger partial charge in [0.15, 0.2) is 11.6 Å².